The Morgan fingerprint density at radius 3 is 2.50 bits per heavy atom. The van der Waals surface area contributed by atoms with Gasteiger partial charge in [-0.25, -0.2) is 0 Å². The molecular formula is C20H31N3O3. The number of likely N-dealkylation sites (tertiary alicyclic amines) is 1. The summed E-state index contributed by atoms with van der Waals surface area (Å²) in [7, 11) is 6.28. The number of rotatable bonds is 3. The van der Waals surface area contributed by atoms with Gasteiger partial charge in [0.1, 0.15) is 5.75 Å². The van der Waals surface area contributed by atoms with Gasteiger partial charge in [0.25, 0.3) is 0 Å². The molecule has 6 nitrogen and oxygen atoms in total. The van der Waals surface area contributed by atoms with Gasteiger partial charge in [0.15, 0.2) is 11.5 Å². The van der Waals surface area contributed by atoms with E-state index in [2.05, 4.69) is 34.9 Å². The first-order valence-corrected chi connectivity index (χ1v) is 9.68. The fraction of sp³-hybridized carbons (Fsp3) is 0.700. The molecule has 144 valence electrons. The fourth-order valence-corrected chi connectivity index (χ4v) is 4.61. The van der Waals surface area contributed by atoms with Crippen LogP contribution in [0.1, 0.15) is 24.8 Å². The van der Waals surface area contributed by atoms with Crippen molar-refractivity contribution in [3.05, 3.63) is 17.7 Å². The van der Waals surface area contributed by atoms with Crippen molar-refractivity contribution in [3.63, 3.8) is 0 Å². The maximum absolute atomic E-state index is 5.64. The Hall–Kier alpha value is -1.50. The second-order valence-corrected chi connectivity index (χ2v) is 8.03. The molecule has 6 heteroatoms. The van der Waals surface area contributed by atoms with Crippen LogP contribution >= 0.6 is 0 Å². The van der Waals surface area contributed by atoms with Crippen molar-refractivity contribution in [1.29, 1.82) is 0 Å². The number of hydrogen-bond donors (Lipinski definition) is 0. The van der Waals surface area contributed by atoms with E-state index in [1.807, 2.05) is 6.07 Å². The van der Waals surface area contributed by atoms with Gasteiger partial charge in [-0.05, 0) is 65.6 Å². The minimum absolute atomic E-state index is 0.298. The molecule has 0 amide bonds. The molecule has 26 heavy (non-hydrogen) atoms. The molecule has 0 unspecified atom stereocenters. The summed E-state index contributed by atoms with van der Waals surface area (Å²) in [5.41, 5.74) is 1.48. The van der Waals surface area contributed by atoms with E-state index in [9.17, 15) is 0 Å². The number of piperidine rings is 1. The van der Waals surface area contributed by atoms with Crippen LogP contribution < -0.4 is 14.2 Å². The third-order valence-corrected chi connectivity index (χ3v) is 6.38. The Morgan fingerprint density at radius 2 is 1.77 bits per heavy atom. The molecule has 0 atom stereocenters. The fourth-order valence-electron chi connectivity index (χ4n) is 4.61. The maximum atomic E-state index is 5.64. The van der Waals surface area contributed by atoms with Gasteiger partial charge in [0.2, 0.25) is 6.79 Å². The topological polar surface area (TPSA) is 37.4 Å². The summed E-state index contributed by atoms with van der Waals surface area (Å²) < 4.78 is 16.7. The Balaban J connectivity index is 1.54. The first kappa shape index (κ1) is 17.9. The van der Waals surface area contributed by atoms with Crippen LogP contribution in [0.3, 0.4) is 0 Å². The van der Waals surface area contributed by atoms with E-state index in [1.165, 1.54) is 44.5 Å². The van der Waals surface area contributed by atoms with Crippen LogP contribution in [0.2, 0.25) is 0 Å². The summed E-state index contributed by atoms with van der Waals surface area (Å²) >= 11 is 0. The predicted molar refractivity (Wildman–Crippen MR) is 101 cm³/mol. The zero-order chi connectivity index (χ0) is 18.1. The number of likely N-dealkylation sites (N-methyl/N-ethyl adjacent to an activating group) is 1. The third kappa shape index (κ3) is 3.38. The van der Waals surface area contributed by atoms with Gasteiger partial charge in [0, 0.05) is 30.3 Å². The van der Waals surface area contributed by atoms with Gasteiger partial charge >= 0.3 is 0 Å². The summed E-state index contributed by atoms with van der Waals surface area (Å²) in [5, 5.41) is 0. The van der Waals surface area contributed by atoms with E-state index >= 15 is 0 Å². The predicted octanol–water partition coefficient (Wildman–Crippen LogP) is 2.03. The molecule has 0 aliphatic carbocycles. The highest BCUT2D eigenvalue weighted by atomic mass is 16.7. The summed E-state index contributed by atoms with van der Waals surface area (Å²) in [6.07, 6.45) is 3.70. The van der Waals surface area contributed by atoms with Gasteiger partial charge in [-0.2, -0.15) is 0 Å². The highest BCUT2D eigenvalue weighted by molar-refractivity contribution is 5.51. The number of hydrogen-bond acceptors (Lipinski definition) is 6. The van der Waals surface area contributed by atoms with E-state index in [0.29, 0.717) is 12.3 Å². The number of fused-ring (bicyclic) bond motifs is 1. The zero-order valence-corrected chi connectivity index (χ0v) is 16.3. The van der Waals surface area contributed by atoms with Gasteiger partial charge in [0.05, 0.1) is 7.11 Å². The van der Waals surface area contributed by atoms with Crippen LogP contribution in [0, 0.1) is 0 Å². The van der Waals surface area contributed by atoms with Crippen LogP contribution in [-0.4, -0.2) is 81.0 Å². The molecule has 3 aliphatic rings. The van der Waals surface area contributed by atoms with Gasteiger partial charge in [-0.3, -0.25) is 9.80 Å². The summed E-state index contributed by atoms with van der Waals surface area (Å²) in [5.74, 6) is 2.51. The molecule has 0 aromatic heterocycles. The average Bonchev–Trinajstić information content (AvgIpc) is 3.04. The molecule has 1 aromatic rings. The van der Waals surface area contributed by atoms with Crippen LogP contribution in [-0.2, 0) is 6.54 Å². The first-order chi connectivity index (χ1) is 12.6. The molecule has 1 spiro atoms. The van der Waals surface area contributed by atoms with E-state index in [1.54, 1.807) is 7.11 Å². The molecule has 2 fully saturated rings. The largest absolute Gasteiger partial charge is 0.496 e. The normalized spacial score (nSPS) is 24.0. The standard InChI is InChI=1S/C20H31N3O3/c1-21-9-5-20(6-10-21)14-23(8-4-7-22(20)2)13-16-11-18-19(26-15-25-18)12-17(16)24-3/h11-12H,4-10,13-15H2,1-3H3. The second-order valence-electron chi connectivity index (χ2n) is 8.03. The lowest BCUT2D eigenvalue weighted by atomic mass is 9.85. The molecule has 3 aliphatic heterocycles. The highest BCUT2D eigenvalue weighted by Crippen LogP contribution is 2.39. The monoisotopic (exact) mass is 361 g/mol. The Kier molecular flexibility index (Phi) is 4.99. The smallest absolute Gasteiger partial charge is 0.231 e. The lowest BCUT2D eigenvalue weighted by molar-refractivity contribution is 0.0335. The molecular weight excluding hydrogens is 330 g/mol. The molecule has 0 radical (unpaired) electrons. The molecule has 4 rings (SSSR count). The summed E-state index contributed by atoms with van der Waals surface area (Å²) in [6.45, 7) is 6.99. The van der Waals surface area contributed by atoms with Gasteiger partial charge in [-0.15, -0.1) is 0 Å². The van der Waals surface area contributed by atoms with Crippen molar-refractivity contribution < 1.29 is 14.2 Å². The van der Waals surface area contributed by atoms with Crippen molar-refractivity contribution in [2.24, 2.45) is 0 Å². The molecule has 1 aromatic carbocycles. The molecule has 0 saturated carbocycles. The maximum Gasteiger partial charge on any atom is 0.231 e. The van der Waals surface area contributed by atoms with E-state index < -0.39 is 0 Å². The van der Waals surface area contributed by atoms with Crippen LogP contribution in [0.5, 0.6) is 17.2 Å². The second kappa shape index (κ2) is 7.25. The van der Waals surface area contributed by atoms with Crippen molar-refractivity contribution >= 4 is 0 Å². The number of ether oxygens (including phenoxy) is 3. The van der Waals surface area contributed by atoms with Crippen LogP contribution in [0.25, 0.3) is 0 Å². The van der Waals surface area contributed by atoms with Crippen molar-refractivity contribution in [3.8, 4) is 17.2 Å². The highest BCUT2D eigenvalue weighted by Gasteiger charge is 2.40. The average molecular weight is 361 g/mol. The van der Waals surface area contributed by atoms with E-state index in [-0.39, 0.29) is 0 Å². The Bertz CT molecular complexity index is 643. The molecule has 2 saturated heterocycles. The minimum atomic E-state index is 0.298. The quantitative estimate of drug-likeness (QED) is 0.820. The van der Waals surface area contributed by atoms with Crippen LogP contribution in [0.4, 0.5) is 0 Å². The Morgan fingerprint density at radius 1 is 1.04 bits per heavy atom. The molecule has 3 heterocycles. The number of methoxy groups -OCH3 is 1. The SMILES string of the molecule is COc1cc2c(cc1CN1CCCN(C)C3(CCN(C)CC3)C1)OCO2. The van der Waals surface area contributed by atoms with E-state index in [0.717, 1.165) is 36.9 Å². The zero-order valence-electron chi connectivity index (χ0n) is 16.3. The number of nitrogens with zero attached hydrogens (tertiary/aromatic N) is 3. The lowest BCUT2D eigenvalue weighted by Crippen LogP contribution is -2.57. The lowest BCUT2D eigenvalue weighted by Gasteiger charge is -2.47. The Labute approximate surface area is 156 Å². The van der Waals surface area contributed by atoms with Crippen molar-refractivity contribution in [2.75, 3.05) is 60.7 Å². The van der Waals surface area contributed by atoms with Crippen molar-refractivity contribution in [2.45, 2.75) is 31.3 Å². The van der Waals surface area contributed by atoms with Gasteiger partial charge < -0.3 is 19.1 Å². The van der Waals surface area contributed by atoms with Gasteiger partial charge in [-0.1, -0.05) is 0 Å². The summed E-state index contributed by atoms with van der Waals surface area (Å²) in [4.78, 5) is 7.68. The molecule has 0 N–H and O–H groups in total. The molecule has 0 bridgehead atoms. The minimum Gasteiger partial charge on any atom is -0.496 e. The first-order valence-electron chi connectivity index (χ1n) is 9.68. The van der Waals surface area contributed by atoms with Crippen molar-refractivity contribution in [1.82, 2.24) is 14.7 Å². The summed E-state index contributed by atoms with van der Waals surface area (Å²) in [6, 6.07) is 4.06. The number of benzene rings is 1. The van der Waals surface area contributed by atoms with E-state index in [4.69, 9.17) is 14.2 Å². The van der Waals surface area contributed by atoms with Crippen LogP contribution in [0.15, 0.2) is 12.1 Å². The third-order valence-electron chi connectivity index (χ3n) is 6.38.